The molecule has 104 valence electrons. The molecular formula is C14H26N2O2. The van der Waals surface area contributed by atoms with E-state index in [0.717, 1.165) is 45.6 Å². The number of carbonyl (C=O) groups is 1. The Kier molecular flexibility index (Phi) is 3.97. The van der Waals surface area contributed by atoms with Gasteiger partial charge in [-0.15, -0.1) is 0 Å². The van der Waals surface area contributed by atoms with Crippen LogP contribution in [0.15, 0.2) is 0 Å². The highest BCUT2D eigenvalue weighted by atomic mass is 16.5. The summed E-state index contributed by atoms with van der Waals surface area (Å²) in [5, 5.41) is 3.40. The molecule has 4 nitrogen and oxygen atoms in total. The molecular weight excluding hydrogens is 228 g/mol. The lowest BCUT2D eigenvalue weighted by molar-refractivity contribution is -0.142. The number of amides is 1. The van der Waals surface area contributed by atoms with E-state index in [2.05, 4.69) is 26.1 Å². The molecule has 2 aliphatic heterocycles. The molecule has 2 rings (SSSR count). The van der Waals surface area contributed by atoms with Crippen LogP contribution in [0.2, 0.25) is 0 Å². The molecule has 0 atom stereocenters. The molecule has 2 fully saturated rings. The Morgan fingerprint density at radius 3 is 2.50 bits per heavy atom. The standard InChI is InChI=1S/C14H26N2O2/c1-13(2,3)10-12(17)16-7-4-14(5-8-16)11-15-6-9-18-14/h15H,4-11H2,1-3H3. The second-order valence-corrected chi connectivity index (χ2v) is 6.83. The predicted octanol–water partition coefficient (Wildman–Crippen LogP) is 1.40. The molecule has 2 heterocycles. The van der Waals surface area contributed by atoms with Crippen molar-refractivity contribution < 1.29 is 9.53 Å². The van der Waals surface area contributed by atoms with Crippen molar-refractivity contribution in [3.05, 3.63) is 0 Å². The van der Waals surface area contributed by atoms with Crippen molar-refractivity contribution in [1.29, 1.82) is 0 Å². The van der Waals surface area contributed by atoms with Gasteiger partial charge in [0.15, 0.2) is 0 Å². The zero-order valence-electron chi connectivity index (χ0n) is 11.9. The summed E-state index contributed by atoms with van der Waals surface area (Å²) in [7, 11) is 0. The minimum atomic E-state index is -0.00321. The third kappa shape index (κ3) is 3.45. The minimum Gasteiger partial charge on any atom is -0.372 e. The normalized spacial score (nSPS) is 24.3. The Balaban J connectivity index is 1.84. The molecule has 18 heavy (non-hydrogen) atoms. The van der Waals surface area contributed by atoms with Crippen LogP contribution in [0.25, 0.3) is 0 Å². The SMILES string of the molecule is CC(C)(C)CC(=O)N1CCC2(CC1)CNCCO2. The first-order valence-electron chi connectivity index (χ1n) is 7.03. The first-order chi connectivity index (χ1) is 8.40. The fourth-order valence-electron chi connectivity index (χ4n) is 2.76. The maximum Gasteiger partial charge on any atom is 0.223 e. The lowest BCUT2D eigenvalue weighted by atomic mass is 9.88. The van der Waals surface area contributed by atoms with Crippen LogP contribution in [0.4, 0.5) is 0 Å². The van der Waals surface area contributed by atoms with Crippen LogP contribution >= 0.6 is 0 Å². The van der Waals surface area contributed by atoms with Crippen LogP contribution < -0.4 is 5.32 Å². The van der Waals surface area contributed by atoms with Crippen molar-refractivity contribution in [2.75, 3.05) is 32.8 Å². The van der Waals surface area contributed by atoms with Gasteiger partial charge in [-0.25, -0.2) is 0 Å². The van der Waals surface area contributed by atoms with Crippen LogP contribution in [-0.4, -0.2) is 49.2 Å². The van der Waals surface area contributed by atoms with Crippen LogP contribution in [-0.2, 0) is 9.53 Å². The first kappa shape index (κ1) is 13.8. The summed E-state index contributed by atoms with van der Waals surface area (Å²) in [5.41, 5.74) is 0.0753. The van der Waals surface area contributed by atoms with E-state index >= 15 is 0 Å². The number of ether oxygens (including phenoxy) is 1. The fourth-order valence-corrected chi connectivity index (χ4v) is 2.76. The molecule has 4 heteroatoms. The van der Waals surface area contributed by atoms with Crippen LogP contribution in [0, 0.1) is 5.41 Å². The Bertz CT molecular complexity index is 293. The van der Waals surface area contributed by atoms with Gasteiger partial charge in [-0.2, -0.15) is 0 Å². The molecule has 0 saturated carbocycles. The van der Waals surface area contributed by atoms with E-state index in [4.69, 9.17) is 4.74 Å². The van der Waals surface area contributed by atoms with Crippen molar-refractivity contribution in [1.82, 2.24) is 10.2 Å². The van der Waals surface area contributed by atoms with Gasteiger partial charge in [0.05, 0.1) is 12.2 Å². The second-order valence-electron chi connectivity index (χ2n) is 6.83. The number of nitrogens with one attached hydrogen (secondary N) is 1. The minimum absolute atomic E-state index is 0.00321. The largest absolute Gasteiger partial charge is 0.372 e. The predicted molar refractivity (Wildman–Crippen MR) is 71.4 cm³/mol. The highest BCUT2D eigenvalue weighted by Crippen LogP contribution is 2.29. The van der Waals surface area contributed by atoms with Crippen molar-refractivity contribution in [2.24, 2.45) is 5.41 Å². The summed E-state index contributed by atoms with van der Waals surface area (Å²) in [5.74, 6) is 0.293. The molecule has 0 radical (unpaired) electrons. The zero-order chi connectivity index (χ0) is 13.2. The van der Waals surface area contributed by atoms with E-state index in [-0.39, 0.29) is 11.0 Å². The van der Waals surface area contributed by atoms with Gasteiger partial charge in [0.2, 0.25) is 5.91 Å². The van der Waals surface area contributed by atoms with Gasteiger partial charge < -0.3 is 15.0 Å². The third-order valence-corrected chi connectivity index (χ3v) is 3.84. The number of nitrogens with zero attached hydrogens (tertiary/aromatic N) is 1. The van der Waals surface area contributed by atoms with E-state index in [9.17, 15) is 4.79 Å². The Morgan fingerprint density at radius 2 is 2.00 bits per heavy atom. The van der Waals surface area contributed by atoms with E-state index in [1.807, 2.05) is 4.90 Å². The molecule has 0 aliphatic carbocycles. The molecule has 0 aromatic heterocycles. The van der Waals surface area contributed by atoms with E-state index in [0.29, 0.717) is 12.3 Å². The maximum atomic E-state index is 12.2. The molecule has 1 N–H and O–H groups in total. The summed E-state index contributed by atoms with van der Waals surface area (Å²) in [6, 6.07) is 0. The van der Waals surface area contributed by atoms with Gasteiger partial charge in [-0.3, -0.25) is 4.79 Å². The fraction of sp³-hybridized carbons (Fsp3) is 0.929. The molecule has 2 saturated heterocycles. The molecule has 1 amide bonds. The number of hydrogen-bond donors (Lipinski definition) is 1. The van der Waals surface area contributed by atoms with Gasteiger partial charge in [-0.1, -0.05) is 20.8 Å². The van der Waals surface area contributed by atoms with Crippen molar-refractivity contribution in [2.45, 2.75) is 45.6 Å². The number of likely N-dealkylation sites (tertiary alicyclic amines) is 1. The van der Waals surface area contributed by atoms with Crippen molar-refractivity contribution in [3.63, 3.8) is 0 Å². The average molecular weight is 254 g/mol. The van der Waals surface area contributed by atoms with Gasteiger partial charge in [-0.05, 0) is 18.3 Å². The van der Waals surface area contributed by atoms with Gasteiger partial charge in [0.25, 0.3) is 0 Å². The Labute approximate surface area is 110 Å². The van der Waals surface area contributed by atoms with Gasteiger partial charge in [0.1, 0.15) is 0 Å². The highest BCUT2D eigenvalue weighted by Gasteiger charge is 2.38. The highest BCUT2D eigenvalue weighted by molar-refractivity contribution is 5.76. The monoisotopic (exact) mass is 254 g/mol. The summed E-state index contributed by atoms with van der Waals surface area (Å²) < 4.78 is 5.93. The summed E-state index contributed by atoms with van der Waals surface area (Å²) in [6.45, 7) is 10.7. The third-order valence-electron chi connectivity index (χ3n) is 3.84. The quantitative estimate of drug-likeness (QED) is 0.769. The van der Waals surface area contributed by atoms with Crippen LogP contribution in [0.5, 0.6) is 0 Å². The van der Waals surface area contributed by atoms with Crippen LogP contribution in [0.3, 0.4) is 0 Å². The summed E-state index contributed by atoms with van der Waals surface area (Å²) in [4.78, 5) is 14.2. The maximum absolute atomic E-state index is 12.2. The Morgan fingerprint density at radius 1 is 1.33 bits per heavy atom. The van der Waals surface area contributed by atoms with Gasteiger partial charge in [0, 0.05) is 32.6 Å². The molecule has 0 bridgehead atoms. The van der Waals surface area contributed by atoms with E-state index in [1.165, 1.54) is 0 Å². The molecule has 2 aliphatic rings. The van der Waals surface area contributed by atoms with Crippen LogP contribution in [0.1, 0.15) is 40.0 Å². The molecule has 0 aromatic rings. The lowest BCUT2D eigenvalue weighted by Crippen LogP contribution is -2.56. The number of rotatable bonds is 1. The summed E-state index contributed by atoms with van der Waals surface area (Å²) >= 11 is 0. The smallest absolute Gasteiger partial charge is 0.223 e. The first-order valence-corrected chi connectivity index (χ1v) is 7.03. The molecule has 0 unspecified atom stereocenters. The molecule has 0 aromatic carbocycles. The van der Waals surface area contributed by atoms with E-state index < -0.39 is 0 Å². The molecule has 1 spiro atoms. The Hall–Kier alpha value is -0.610. The summed E-state index contributed by atoms with van der Waals surface area (Å²) in [6.07, 6.45) is 2.57. The van der Waals surface area contributed by atoms with E-state index in [1.54, 1.807) is 0 Å². The van der Waals surface area contributed by atoms with Crippen molar-refractivity contribution in [3.8, 4) is 0 Å². The zero-order valence-corrected chi connectivity index (χ0v) is 11.9. The van der Waals surface area contributed by atoms with Gasteiger partial charge >= 0.3 is 0 Å². The number of hydrogen-bond acceptors (Lipinski definition) is 3. The number of piperidine rings is 1. The lowest BCUT2D eigenvalue weighted by Gasteiger charge is -2.44. The average Bonchev–Trinajstić information content (AvgIpc) is 2.28. The second kappa shape index (κ2) is 5.17. The van der Waals surface area contributed by atoms with Crippen molar-refractivity contribution >= 4 is 5.91 Å². The topological polar surface area (TPSA) is 41.6 Å². The number of morpholine rings is 1. The number of carbonyl (C=O) groups excluding carboxylic acids is 1.